The molecule has 0 saturated carbocycles. The zero-order valence-electron chi connectivity index (χ0n) is 14.1. The Bertz CT molecular complexity index is 753. The van der Waals surface area contributed by atoms with Gasteiger partial charge in [0, 0.05) is 5.92 Å². The van der Waals surface area contributed by atoms with Crippen molar-refractivity contribution in [2.24, 2.45) is 0 Å². The molecule has 2 N–H and O–H groups in total. The van der Waals surface area contributed by atoms with E-state index >= 15 is 0 Å². The summed E-state index contributed by atoms with van der Waals surface area (Å²) in [6, 6.07) is 23.7. The summed E-state index contributed by atoms with van der Waals surface area (Å²) in [5.74, 6) is 0.841. The number of hydrogen-bond acceptors (Lipinski definition) is 3. The second-order valence-corrected chi connectivity index (χ2v) is 5.98. The predicted octanol–water partition coefficient (Wildman–Crippen LogP) is 4.61. The molecule has 3 atom stereocenters. The molecule has 3 aromatic rings. The first-order chi connectivity index (χ1) is 12.3. The highest BCUT2D eigenvalue weighted by Gasteiger charge is 2.27. The van der Waals surface area contributed by atoms with Crippen LogP contribution < -0.4 is 5.32 Å². The average molecular weight is 333 g/mol. The summed E-state index contributed by atoms with van der Waals surface area (Å²) in [6.45, 7) is 4.03. The van der Waals surface area contributed by atoms with E-state index in [0.29, 0.717) is 0 Å². The maximum Gasteiger partial charge on any atom is 0.121 e. The molecule has 0 spiro atoms. The molecule has 3 heteroatoms. The van der Waals surface area contributed by atoms with Crippen LogP contribution >= 0.6 is 0 Å². The number of nitrogens with one attached hydrogen (secondary N) is 1. The van der Waals surface area contributed by atoms with Crippen LogP contribution in [0.25, 0.3) is 0 Å². The molecule has 1 aromatic heterocycles. The van der Waals surface area contributed by atoms with Gasteiger partial charge in [0.2, 0.25) is 0 Å². The maximum atomic E-state index is 9.93. The minimum absolute atomic E-state index is 0.000125. The third-order valence-electron chi connectivity index (χ3n) is 4.41. The van der Waals surface area contributed by atoms with Gasteiger partial charge in [-0.05, 0) is 23.3 Å². The summed E-state index contributed by atoms with van der Waals surface area (Å²) in [6.07, 6.45) is 3.60. The molecule has 1 heterocycles. The Hall–Kier alpha value is -2.62. The Morgan fingerprint density at radius 3 is 2.08 bits per heavy atom. The van der Waals surface area contributed by atoms with Gasteiger partial charge in [-0.25, -0.2) is 0 Å². The van der Waals surface area contributed by atoms with Crippen LogP contribution in [0.1, 0.15) is 34.9 Å². The van der Waals surface area contributed by atoms with Gasteiger partial charge in [-0.2, -0.15) is 0 Å². The molecule has 128 valence electrons. The van der Waals surface area contributed by atoms with Gasteiger partial charge in [0.05, 0.1) is 25.0 Å². The van der Waals surface area contributed by atoms with Crippen molar-refractivity contribution in [3.05, 3.63) is 109 Å². The lowest BCUT2D eigenvalue weighted by atomic mass is 9.89. The molecule has 0 aliphatic rings. The minimum atomic E-state index is -0.192. The molecule has 0 saturated heterocycles. The highest BCUT2D eigenvalue weighted by atomic mass is 16.3. The predicted molar refractivity (Wildman–Crippen MR) is 100 cm³/mol. The molecule has 0 aliphatic carbocycles. The van der Waals surface area contributed by atoms with Crippen LogP contribution in [-0.4, -0.2) is 11.7 Å². The van der Waals surface area contributed by atoms with Crippen molar-refractivity contribution >= 4 is 0 Å². The lowest BCUT2D eigenvalue weighted by molar-refractivity contribution is 0.223. The first-order valence-electron chi connectivity index (χ1n) is 8.46. The summed E-state index contributed by atoms with van der Waals surface area (Å²) in [5.41, 5.74) is 2.19. The van der Waals surface area contributed by atoms with E-state index in [0.717, 1.165) is 16.9 Å². The van der Waals surface area contributed by atoms with E-state index < -0.39 is 0 Å². The van der Waals surface area contributed by atoms with Crippen LogP contribution in [0, 0.1) is 0 Å². The van der Waals surface area contributed by atoms with Crippen LogP contribution in [-0.2, 0) is 0 Å². The Kier molecular flexibility index (Phi) is 5.83. The fourth-order valence-electron chi connectivity index (χ4n) is 3.13. The number of benzene rings is 2. The summed E-state index contributed by atoms with van der Waals surface area (Å²) < 4.78 is 5.69. The number of rotatable bonds is 8. The largest absolute Gasteiger partial charge is 0.468 e. The van der Waals surface area contributed by atoms with Crippen molar-refractivity contribution in [2.45, 2.75) is 18.0 Å². The first kappa shape index (κ1) is 17.2. The summed E-state index contributed by atoms with van der Waals surface area (Å²) in [7, 11) is 0. The normalized spacial score (nSPS) is 14.6. The van der Waals surface area contributed by atoms with Crippen LogP contribution in [0.5, 0.6) is 0 Å². The number of furan rings is 1. The lowest BCUT2D eigenvalue weighted by Gasteiger charge is -2.29. The van der Waals surface area contributed by atoms with E-state index in [2.05, 4.69) is 24.0 Å². The van der Waals surface area contributed by atoms with Gasteiger partial charge in [-0.3, -0.25) is 5.32 Å². The first-order valence-corrected chi connectivity index (χ1v) is 8.46. The van der Waals surface area contributed by atoms with E-state index in [1.54, 1.807) is 6.26 Å². The molecule has 0 aliphatic heterocycles. The standard InChI is InChI=1S/C22H23NO2/c1-2-19(17-10-5-3-6-11-17)22(21-14-9-15-25-21)23-20(16-24)18-12-7-4-8-13-18/h2-15,19-20,22-24H,1,16H2/t19-,20+,22-/m1/s1. The van der Waals surface area contributed by atoms with E-state index in [4.69, 9.17) is 4.42 Å². The smallest absolute Gasteiger partial charge is 0.121 e. The van der Waals surface area contributed by atoms with Gasteiger partial charge in [0.1, 0.15) is 5.76 Å². The summed E-state index contributed by atoms with van der Waals surface area (Å²) in [5, 5.41) is 13.5. The molecule has 0 amide bonds. The maximum absolute atomic E-state index is 9.93. The topological polar surface area (TPSA) is 45.4 Å². The fraction of sp³-hybridized carbons (Fsp3) is 0.182. The van der Waals surface area contributed by atoms with Crippen molar-refractivity contribution in [3.8, 4) is 0 Å². The molecule has 0 fully saturated rings. The second kappa shape index (κ2) is 8.47. The van der Waals surface area contributed by atoms with Crippen molar-refractivity contribution < 1.29 is 9.52 Å². The SMILES string of the molecule is C=C[C@H](c1ccccc1)[C@@H](N[C@@H](CO)c1ccccc1)c1ccco1. The average Bonchev–Trinajstić information content (AvgIpc) is 3.21. The number of hydrogen-bond donors (Lipinski definition) is 2. The molecule has 0 radical (unpaired) electrons. The van der Waals surface area contributed by atoms with Crippen molar-refractivity contribution in [2.75, 3.05) is 6.61 Å². The number of aliphatic hydroxyl groups excluding tert-OH is 1. The van der Waals surface area contributed by atoms with Crippen LogP contribution in [0.4, 0.5) is 0 Å². The van der Waals surface area contributed by atoms with Crippen LogP contribution in [0.3, 0.4) is 0 Å². The van der Waals surface area contributed by atoms with E-state index in [1.165, 1.54) is 0 Å². The van der Waals surface area contributed by atoms with Gasteiger partial charge >= 0.3 is 0 Å². The summed E-state index contributed by atoms with van der Waals surface area (Å²) >= 11 is 0. The number of aliphatic hydroxyl groups is 1. The molecule has 3 nitrogen and oxygen atoms in total. The molecule has 2 aromatic carbocycles. The Balaban J connectivity index is 1.93. The van der Waals surface area contributed by atoms with E-state index in [-0.39, 0.29) is 24.6 Å². The third kappa shape index (κ3) is 4.08. The molecule has 0 unspecified atom stereocenters. The van der Waals surface area contributed by atoms with Crippen LogP contribution in [0.15, 0.2) is 96.1 Å². The Labute approximate surface area is 148 Å². The minimum Gasteiger partial charge on any atom is -0.468 e. The lowest BCUT2D eigenvalue weighted by Crippen LogP contribution is -2.32. The molecule has 3 rings (SSSR count). The quantitative estimate of drug-likeness (QED) is 0.592. The Morgan fingerprint density at radius 1 is 0.920 bits per heavy atom. The monoisotopic (exact) mass is 333 g/mol. The van der Waals surface area contributed by atoms with E-state index in [1.807, 2.05) is 66.7 Å². The van der Waals surface area contributed by atoms with Gasteiger partial charge in [-0.15, -0.1) is 6.58 Å². The van der Waals surface area contributed by atoms with Crippen molar-refractivity contribution in [1.82, 2.24) is 5.32 Å². The molecule has 0 bridgehead atoms. The highest BCUT2D eigenvalue weighted by Crippen LogP contribution is 2.34. The van der Waals surface area contributed by atoms with E-state index in [9.17, 15) is 5.11 Å². The fourth-order valence-corrected chi connectivity index (χ4v) is 3.13. The van der Waals surface area contributed by atoms with Gasteiger partial charge in [0.25, 0.3) is 0 Å². The zero-order valence-corrected chi connectivity index (χ0v) is 14.1. The molecular weight excluding hydrogens is 310 g/mol. The van der Waals surface area contributed by atoms with Crippen molar-refractivity contribution in [1.29, 1.82) is 0 Å². The van der Waals surface area contributed by atoms with Gasteiger partial charge in [-0.1, -0.05) is 66.7 Å². The molecular formula is C22H23NO2. The highest BCUT2D eigenvalue weighted by molar-refractivity contribution is 5.29. The molecule has 25 heavy (non-hydrogen) atoms. The summed E-state index contributed by atoms with van der Waals surface area (Å²) in [4.78, 5) is 0. The van der Waals surface area contributed by atoms with Gasteiger partial charge in [0.15, 0.2) is 0 Å². The van der Waals surface area contributed by atoms with Gasteiger partial charge < -0.3 is 9.52 Å². The Morgan fingerprint density at radius 2 is 1.56 bits per heavy atom. The second-order valence-electron chi connectivity index (χ2n) is 5.98. The van der Waals surface area contributed by atoms with Crippen LogP contribution in [0.2, 0.25) is 0 Å². The third-order valence-corrected chi connectivity index (χ3v) is 4.41. The zero-order chi connectivity index (χ0) is 17.5. The van der Waals surface area contributed by atoms with Crippen molar-refractivity contribution in [3.63, 3.8) is 0 Å².